The number of ether oxygens (including phenoxy) is 6. The molecule has 1 aliphatic rings. The maximum atomic E-state index is 14.0. The quantitative estimate of drug-likeness (QED) is 0.129. The van der Waals surface area contributed by atoms with Gasteiger partial charge in [0.1, 0.15) is 24.7 Å². The van der Waals surface area contributed by atoms with E-state index in [1.165, 1.54) is 16.9 Å². The number of thiazole rings is 1. The second kappa shape index (κ2) is 16.3. The lowest BCUT2D eigenvalue weighted by molar-refractivity contribution is -0.139. The van der Waals surface area contributed by atoms with Crippen LogP contribution in [0.1, 0.15) is 43.5 Å². The van der Waals surface area contributed by atoms with Gasteiger partial charge in [-0.05, 0) is 81.3 Å². The van der Waals surface area contributed by atoms with Gasteiger partial charge in [0.05, 0.1) is 55.4 Å². The van der Waals surface area contributed by atoms with Gasteiger partial charge in [-0.25, -0.2) is 9.79 Å². The molecule has 11 heteroatoms. The van der Waals surface area contributed by atoms with E-state index >= 15 is 0 Å². The fourth-order valence-electron chi connectivity index (χ4n) is 5.21. The Morgan fingerprint density at radius 3 is 2.25 bits per heavy atom. The molecule has 252 valence electrons. The molecule has 3 aromatic carbocycles. The second-order valence-electron chi connectivity index (χ2n) is 10.8. The van der Waals surface area contributed by atoms with Gasteiger partial charge in [-0.2, -0.15) is 0 Å². The Labute approximate surface area is 283 Å². The number of benzene rings is 3. The molecular formula is C37H40N2O8S. The lowest BCUT2D eigenvalue weighted by Gasteiger charge is -2.24. The van der Waals surface area contributed by atoms with Gasteiger partial charge in [0.2, 0.25) is 0 Å². The van der Waals surface area contributed by atoms with E-state index in [1.807, 2.05) is 68.4 Å². The van der Waals surface area contributed by atoms with Crippen LogP contribution in [0.4, 0.5) is 0 Å². The Balaban J connectivity index is 1.33. The largest absolute Gasteiger partial charge is 0.497 e. The molecule has 4 aromatic rings. The van der Waals surface area contributed by atoms with Gasteiger partial charge in [0, 0.05) is 0 Å². The van der Waals surface area contributed by atoms with E-state index < -0.39 is 12.0 Å². The van der Waals surface area contributed by atoms with E-state index in [1.54, 1.807) is 43.7 Å². The third kappa shape index (κ3) is 8.15. The van der Waals surface area contributed by atoms with Crippen molar-refractivity contribution in [2.75, 3.05) is 46.8 Å². The van der Waals surface area contributed by atoms with Crippen LogP contribution in [0.25, 0.3) is 6.08 Å². The summed E-state index contributed by atoms with van der Waals surface area (Å²) >= 11 is 1.26. The van der Waals surface area contributed by atoms with Crippen molar-refractivity contribution in [3.8, 4) is 23.0 Å². The number of esters is 1. The van der Waals surface area contributed by atoms with Crippen LogP contribution in [0.5, 0.6) is 23.0 Å². The number of aryl methyl sites for hydroxylation is 1. The number of nitrogens with zero attached hydrogens (tertiary/aromatic N) is 2. The third-order valence-electron chi connectivity index (χ3n) is 7.52. The minimum atomic E-state index is -0.709. The van der Waals surface area contributed by atoms with Crippen LogP contribution in [-0.2, 0) is 14.3 Å². The van der Waals surface area contributed by atoms with Crippen molar-refractivity contribution in [1.29, 1.82) is 0 Å². The van der Waals surface area contributed by atoms with Gasteiger partial charge in [-0.15, -0.1) is 0 Å². The molecule has 0 bridgehead atoms. The topological polar surface area (TPSA) is 107 Å². The maximum Gasteiger partial charge on any atom is 0.338 e. The average molecular weight is 673 g/mol. The minimum absolute atomic E-state index is 0.202. The van der Waals surface area contributed by atoms with Crippen molar-refractivity contribution in [1.82, 2.24) is 4.57 Å². The first-order valence-electron chi connectivity index (χ1n) is 15.8. The number of rotatable bonds is 15. The highest BCUT2D eigenvalue weighted by atomic mass is 32.1. The second-order valence-corrected chi connectivity index (χ2v) is 11.8. The summed E-state index contributed by atoms with van der Waals surface area (Å²) in [6, 6.07) is 20.0. The van der Waals surface area contributed by atoms with Crippen LogP contribution < -0.4 is 33.8 Å². The molecule has 1 aliphatic heterocycles. The summed E-state index contributed by atoms with van der Waals surface area (Å²) in [4.78, 5) is 32.3. The van der Waals surface area contributed by atoms with Crippen LogP contribution in [0.3, 0.4) is 0 Å². The molecule has 5 rings (SSSR count). The van der Waals surface area contributed by atoms with Gasteiger partial charge in [-0.3, -0.25) is 9.36 Å². The summed E-state index contributed by atoms with van der Waals surface area (Å²) in [5.41, 5.74) is 3.23. The fourth-order valence-corrected chi connectivity index (χ4v) is 6.26. The normalized spacial score (nSPS) is 14.3. The summed E-state index contributed by atoms with van der Waals surface area (Å²) in [6.45, 7) is 9.67. The minimum Gasteiger partial charge on any atom is -0.497 e. The fraction of sp³-hybridized carbons (Fsp3) is 0.324. The molecule has 0 unspecified atom stereocenters. The molecule has 0 N–H and O–H groups in total. The van der Waals surface area contributed by atoms with Crippen molar-refractivity contribution in [2.45, 2.75) is 33.7 Å². The molecule has 2 heterocycles. The Hall–Kier alpha value is -4.87. The summed E-state index contributed by atoms with van der Waals surface area (Å²) < 4.78 is 35.9. The number of aromatic nitrogens is 1. The number of hydrogen-bond donors (Lipinski definition) is 0. The highest BCUT2D eigenvalue weighted by Gasteiger charge is 2.33. The number of hydrogen-bond acceptors (Lipinski definition) is 10. The molecule has 48 heavy (non-hydrogen) atoms. The summed E-state index contributed by atoms with van der Waals surface area (Å²) in [6.07, 6.45) is 1.79. The molecular weight excluding hydrogens is 632 g/mol. The number of fused-ring (bicyclic) bond motifs is 1. The van der Waals surface area contributed by atoms with E-state index in [-0.39, 0.29) is 12.2 Å². The Kier molecular flexibility index (Phi) is 11.7. The van der Waals surface area contributed by atoms with Gasteiger partial charge >= 0.3 is 5.97 Å². The molecule has 0 spiro atoms. The van der Waals surface area contributed by atoms with E-state index in [2.05, 4.69) is 4.99 Å². The van der Waals surface area contributed by atoms with Gasteiger partial charge < -0.3 is 28.4 Å². The monoisotopic (exact) mass is 672 g/mol. The first kappa shape index (κ1) is 34.5. The van der Waals surface area contributed by atoms with Crippen LogP contribution in [0, 0.1) is 6.92 Å². The first-order valence-corrected chi connectivity index (χ1v) is 16.6. The van der Waals surface area contributed by atoms with E-state index in [0.29, 0.717) is 70.9 Å². The van der Waals surface area contributed by atoms with Gasteiger partial charge in [-0.1, -0.05) is 47.2 Å². The van der Waals surface area contributed by atoms with E-state index in [0.717, 1.165) is 16.9 Å². The van der Waals surface area contributed by atoms with Crippen LogP contribution in [0.2, 0.25) is 0 Å². The summed E-state index contributed by atoms with van der Waals surface area (Å²) in [5, 5.41) is 0. The average Bonchev–Trinajstić information content (AvgIpc) is 3.39. The maximum absolute atomic E-state index is 14.0. The molecule has 10 nitrogen and oxygen atoms in total. The molecule has 0 aliphatic carbocycles. The number of methoxy groups -OCH3 is 1. The molecule has 1 atom stereocenters. The van der Waals surface area contributed by atoms with Crippen molar-refractivity contribution < 1.29 is 33.2 Å². The van der Waals surface area contributed by atoms with Crippen molar-refractivity contribution in [3.63, 3.8) is 0 Å². The Morgan fingerprint density at radius 2 is 1.56 bits per heavy atom. The summed E-state index contributed by atoms with van der Waals surface area (Å²) in [5.74, 6) is 2.09. The SMILES string of the molecule is CCOC(=O)C1=C(C)N=c2s/c(=C\c3ccc(OCCOCCOc4ccc(C)cc4)c(OCC)c3)c(=O)n2[C@H]1c1ccc(OC)cc1. The number of carbonyl (C=O) groups is 1. The number of allylic oxidation sites excluding steroid dienone is 1. The first-order chi connectivity index (χ1) is 23.3. The van der Waals surface area contributed by atoms with Gasteiger partial charge in [0.25, 0.3) is 5.56 Å². The molecule has 0 amide bonds. The Morgan fingerprint density at radius 1 is 0.854 bits per heavy atom. The Bertz CT molecular complexity index is 1930. The molecule has 0 saturated heterocycles. The smallest absolute Gasteiger partial charge is 0.338 e. The van der Waals surface area contributed by atoms with Gasteiger partial charge in [0.15, 0.2) is 16.3 Å². The van der Waals surface area contributed by atoms with Crippen molar-refractivity contribution >= 4 is 23.4 Å². The zero-order chi connectivity index (χ0) is 34.0. The zero-order valence-corrected chi connectivity index (χ0v) is 28.6. The standard InChI is InChI=1S/C37H40N2O8S/c1-6-44-31-22-26(10-17-30(31)47-21-19-43-18-20-46-29-13-8-24(3)9-14-29)23-32-35(40)39-34(27-11-15-28(42-5)16-12-27)33(36(41)45-7-2)25(4)38-37(39)48-32/h8-17,22-23,34H,6-7,18-21H2,1-5H3/b32-23-/t34-/m0/s1. The summed E-state index contributed by atoms with van der Waals surface area (Å²) in [7, 11) is 1.59. The van der Waals surface area contributed by atoms with Crippen molar-refractivity contribution in [2.24, 2.45) is 4.99 Å². The van der Waals surface area contributed by atoms with Crippen molar-refractivity contribution in [3.05, 3.63) is 114 Å². The lowest BCUT2D eigenvalue weighted by atomic mass is 9.96. The molecule has 1 aromatic heterocycles. The van der Waals surface area contributed by atoms with Crippen LogP contribution in [-0.4, -0.2) is 57.3 Å². The molecule has 0 fully saturated rings. The lowest BCUT2D eigenvalue weighted by Crippen LogP contribution is -2.39. The molecule has 0 saturated carbocycles. The van der Waals surface area contributed by atoms with E-state index in [4.69, 9.17) is 28.4 Å². The van der Waals surface area contributed by atoms with Crippen LogP contribution in [0.15, 0.2) is 87.8 Å². The predicted octanol–water partition coefficient (Wildman–Crippen LogP) is 4.99. The zero-order valence-electron chi connectivity index (χ0n) is 27.8. The third-order valence-corrected chi connectivity index (χ3v) is 8.50. The van der Waals surface area contributed by atoms with E-state index in [9.17, 15) is 9.59 Å². The molecule has 0 radical (unpaired) electrons. The van der Waals surface area contributed by atoms with Crippen LogP contribution >= 0.6 is 11.3 Å². The number of carbonyl (C=O) groups excluding carboxylic acids is 1. The highest BCUT2D eigenvalue weighted by molar-refractivity contribution is 7.07. The predicted molar refractivity (Wildman–Crippen MR) is 184 cm³/mol. The highest BCUT2D eigenvalue weighted by Crippen LogP contribution is 2.32.